The lowest BCUT2D eigenvalue weighted by Crippen LogP contribution is -2.47. The number of rotatable bonds is 3. The number of hydrogen-bond donors (Lipinski definition) is 1. The summed E-state index contributed by atoms with van der Waals surface area (Å²) in [7, 11) is 2.08. The highest BCUT2D eigenvalue weighted by Crippen LogP contribution is 2.20. The van der Waals surface area contributed by atoms with Crippen molar-refractivity contribution in [2.75, 3.05) is 38.5 Å². The normalized spacial score (nSPS) is 20.9. The second-order valence-corrected chi connectivity index (χ2v) is 6.38. The molecule has 1 saturated heterocycles. The van der Waals surface area contributed by atoms with Gasteiger partial charge >= 0.3 is 0 Å². The molecule has 1 N–H and O–H groups in total. The summed E-state index contributed by atoms with van der Waals surface area (Å²) in [5, 5.41) is 11.7. The van der Waals surface area contributed by atoms with E-state index in [4.69, 9.17) is 0 Å². The molecule has 2 aliphatic rings. The summed E-state index contributed by atoms with van der Waals surface area (Å²) in [6, 6.07) is 4.17. The Bertz CT molecular complexity index is 490. The van der Waals surface area contributed by atoms with Gasteiger partial charge in [-0.25, -0.2) is 0 Å². The number of nitrogens with zero attached hydrogens (tertiary/aromatic N) is 4. The molecule has 0 unspecified atom stereocenters. The molecule has 2 heterocycles. The molecule has 6 heteroatoms. The Balaban J connectivity index is 1.57. The number of nitrogens with one attached hydrogen (secondary N) is 1. The molecule has 1 aromatic rings. The Morgan fingerprint density at radius 3 is 2.45 bits per heavy atom. The van der Waals surface area contributed by atoms with Crippen LogP contribution in [-0.2, 0) is 0 Å². The van der Waals surface area contributed by atoms with Crippen LogP contribution in [0.25, 0.3) is 0 Å². The first kappa shape index (κ1) is 15.2. The molecule has 1 aliphatic carbocycles. The second kappa shape index (κ2) is 7.05. The minimum absolute atomic E-state index is 0.00943. The summed E-state index contributed by atoms with van der Waals surface area (Å²) >= 11 is 0. The van der Waals surface area contributed by atoms with Crippen molar-refractivity contribution in [2.45, 2.75) is 38.1 Å². The second-order valence-electron chi connectivity index (χ2n) is 6.38. The van der Waals surface area contributed by atoms with Gasteiger partial charge in [0.2, 0.25) is 0 Å². The average Bonchev–Trinajstić information content (AvgIpc) is 2.57. The highest BCUT2D eigenvalue weighted by Gasteiger charge is 2.21. The number of anilines is 1. The van der Waals surface area contributed by atoms with Crippen molar-refractivity contribution in [2.24, 2.45) is 0 Å². The van der Waals surface area contributed by atoms with E-state index in [1.54, 1.807) is 6.07 Å². The van der Waals surface area contributed by atoms with Crippen LogP contribution in [0.5, 0.6) is 0 Å². The summed E-state index contributed by atoms with van der Waals surface area (Å²) in [6.07, 6.45) is 6.30. The molecule has 0 bridgehead atoms. The minimum Gasteiger partial charge on any atom is -0.366 e. The fourth-order valence-corrected chi connectivity index (χ4v) is 3.15. The topological polar surface area (TPSA) is 61.4 Å². The molecule has 6 nitrogen and oxygen atoms in total. The minimum atomic E-state index is -0.00943. The molecule has 3 rings (SSSR count). The van der Waals surface area contributed by atoms with E-state index in [0.29, 0.717) is 11.7 Å². The zero-order valence-electron chi connectivity index (χ0n) is 13.3. The van der Waals surface area contributed by atoms with Gasteiger partial charge in [-0.3, -0.25) is 4.79 Å². The van der Waals surface area contributed by atoms with Crippen LogP contribution in [0.3, 0.4) is 0 Å². The Hall–Kier alpha value is -1.69. The van der Waals surface area contributed by atoms with Gasteiger partial charge in [-0.2, -0.15) is 0 Å². The Kier molecular flexibility index (Phi) is 4.87. The SMILES string of the molecule is CN1CCN(C(=O)c2ccc(NC3CCCCC3)nn2)CC1. The van der Waals surface area contributed by atoms with E-state index in [9.17, 15) is 4.79 Å². The number of carbonyl (C=O) groups is 1. The first-order chi connectivity index (χ1) is 10.7. The lowest BCUT2D eigenvalue weighted by atomic mass is 9.95. The van der Waals surface area contributed by atoms with Gasteiger partial charge in [-0.1, -0.05) is 19.3 Å². The maximum Gasteiger partial charge on any atom is 0.274 e. The van der Waals surface area contributed by atoms with E-state index in [-0.39, 0.29) is 5.91 Å². The zero-order chi connectivity index (χ0) is 15.4. The Morgan fingerprint density at radius 2 is 1.82 bits per heavy atom. The van der Waals surface area contributed by atoms with E-state index >= 15 is 0 Å². The molecule has 1 aromatic heterocycles. The van der Waals surface area contributed by atoms with Crippen LogP contribution in [0, 0.1) is 0 Å². The van der Waals surface area contributed by atoms with Gasteiger partial charge in [0, 0.05) is 32.2 Å². The molecule has 1 aliphatic heterocycles. The number of carbonyl (C=O) groups excluding carboxylic acids is 1. The van der Waals surface area contributed by atoms with Crippen LogP contribution >= 0.6 is 0 Å². The van der Waals surface area contributed by atoms with Crippen molar-refractivity contribution in [3.63, 3.8) is 0 Å². The van der Waals surface area contributed by atoms with Crippen LogP contribution in [0.4, 0.5) is 5.82 Å². The van der Waals surface area contributed by atoms with E-state index in [1.807, 2.05) is 11.0 Å². The monoisotopic (exact) mass is 303 g/mol. The van der Waals surface area contributed by atoms with Crippen LogP contribution in [0.15, 0.2) is 12.1 Å². The fraction of sp³-hybridized carbons (Fsp3) is 0.688. The van der Waals surface area contributed by atoms with Crippen molar-refractivity contribution in [1.29, 1.82) is 0 Å². The van der Waals surface area contributed by atoms with E-state index in [0.717, 1.165) is 32.0 Å². The standard InChI is InChI=1S/C16H25N5O/c1-20-9-11-21(12-10-20)16(22)14-7-8-15(19-18-14)17-13-5-3-2-4-6-13/h7-8,13H,2-6,9-12H2,1H3,(H,17,19). The predicted octanol–water partition coefficient (Wildman–Crippen LogP) is 1.61. The van der Waals surface area contributed by atoms with Gasteiger partial charge < -0.3 is 15.1 Å². The Labute approximate surface area is 131 Å². The van der Waals surface area contributed by atoms with Gasteiger partial charge in [0.1, 0.15) is 5.82 Å². The van der Waals surface area contributed by atoms with Crippen molar-refractivity contribution in [1.82, 2.24) is 20.0 Å². The number of amides is 1. The summed E-state index contributed by atoms with van der Waals surface area (Å²) in [5.74, 6) is 0.770. The highest BCUT2D eigenvalue weighted by molar-refractivity contribution is 5.92. The van der Waals surface area contributed by atoms with Gasteiger partial charge in [0.15, 0.2) is 5.69 Å². The molecule has 0 atom stereocenters. The molecule has 0 aromatic carbocycles. The smallest absolute Gasteiger partial charge is 0.274 e. The van der Waals surface area contributed by atoms with E-state index in [2.05, 4.69) is 27.5 Å². The first-order valence-electron chi connectivity index (χ1n) is 8.30. The number of aromatic nitrogens is 2. The van der Waals surface area contributed by atoms with Gasteiger partial charge in [-0.05, 0) is 32.0 Å². The fourth-order valence-electron chi connectivity index (χ4n) is 3.15. The van der Waals surface area contributed by atoms with Crippen molar-refractivity contribution in [3.05, 3.63) is 17.8 Å². The molecule has 1 amide bonds. The van der Waals surface area contributed by atoms with Gasteiger partial charge in [0.05, 0.1) is 0 Å². The van der Waals surface area contributed by atoms with Crippen LogP contribution in [-0.4, -0.2) is 65.2 Å². The van der Waals surface area contributed by atoms with Crippen molar-refractivity contribution < 1.29 is 4.79 Å². The maximum atomic E-state index is 12.4. The van der Waals surface area contributed by atoms with Crippen molar-refractivity contribution in [3.8, 4) is 0 Å². The predicted molar refractivity (Wildman–Crippen MR) is 85.9 cm³/mol. The van der Waals surface area contributed by atoms with Gasteiger partial charge in [-0.15, -0.1) is 10.2 Å². The first-order valence-corrected chi connectivity index (χ1v) is 8.30. The molecule has 1 saturated carbocycles. The summed E-state index contributed by atoms with van der Waals surface area (Å²) < 4.78 is 0. The molecular formula is C16H25N5O. The third kappa shape index (κ3) is 3.74. The highest BCUT2D eigenvalue weighted by atomic mass is 16.2. The number of likely N-dealkylation sites (N-methyl/N-ethyl adjacent to an activating group) is 1. The number of piperazine rings is 1. The molecule has 22 heavy (non-hydrogen) atoms. The molecule has 0 spiro atoms. The third-order valence-electron chi connectivity index (χ3n) is 4.63. The summed E-state index contributed by atoms with van der Waals surface area (Å²) in [6.45, 7) is 3.36. The quantitative estimate of drug-likeness (QED) is 0.919. The number of hydrogen-bond acceptors (Lipinski definition) is 5. The third-order valence-corrected chi connectivity index (χ3v) is 4.63. The molecule has 120 valence electrons. The van der Waals surface area contributed by atoms with Crippen LogP contribution < -0.4 is 5.32 Å². The van der Waals surface area contributed by atoms with Crippen LogP contribution in [0.2, 0.25) is 0 Å². The molecular weight excluding hydrogens is 278 g/mol. The summed E-state index contributed by atoms with van der Waals surface area (Å²) in [5.41, 5.74) is 0.443. The molecule has 2 fully saturated rings. The Morgan fingerprint density at radius 1 is 1.09 bits per heavy atom. The molecule has 0 radical (unpaired) electrons. The summed E-state index contributed by atoms with van der Waals surface area (Å²) in [4.78, 5) is 16.5. The van der Waals surface area contributed by atoms with Crippen LogP contribution in [0.1, 0.15) is 42.6 Å². The van der Waals surface area contributed by atoms with E-state index in [1.165, 1.54) is 32.1 Å². The zero-order valence-corrected chi connectivity index (χ0v) is 13.3. The largest absolute Gasteiger partial charge is 0.366 e. The van der Waals surface area contributed by atoms with E-state index < -0.39 is 0 Å². The maximum absolute atomic E-state index is 12.4. The lowest BCUT2D eigenvalue weighted by Gasteiger charge is -2.32. The van der Waals surface area contributed by atoms with Gasteiger partial charge in [0.25, 0.3) is 5.91 Å². The van der Waals surface area contributed by atoms with Crippen molar-refractivity contribution >= 4 is 11.7 Å². The lowest BCUT2D eigenvalue weighted by molar-refractivity contribution is 0.0657. The average molecular weight is 303 g/mol.